The molecule has 0 spiro atoms. The molecule has 4 aromatic rings. The summed E-state index contributed by atoms with van der Waals surface area (Å²) in [5, 5.41) is 7.10. The van der Waals surface area contributed by atoms with Crippen molar-refractivity contribution in [2.75, 3.05) is 36.8 Å². The highest BCUT2D eigenvalue weighted by atomic mass is 14.9. The van der Waals surface area contributed by atoms with Gasteiger partial charge in [-0.25, -0.2) is 0 Å². The van der Waals surface area contributed by atoms with Crippen LogP contribution in [0.1, 0.15) is 22.3 Å². The predicted molar refractivity (Wildman–Crippen MR) is 162 cm³/mol. The molecule has 0 saturated carbocycles. The molecule has 0 amide bonds. The minimum atomic E-state index is 0.600. The van der Waals surface area contributed by atoms with Gasteiger partial charge in [-0.05, 0) is 24.3 Å². The van der Waals surface area contributed by atoms with Crippen LogP contribution in [0.5, 0.6) is 0 Å². The first kappa shape index (κ1) is 24.8. The normalized spacial score (nSPS) is 13.9. The van der Waals surface area contributed by atoms with Gasteiger partial charge in [-0.2, -0.15) is 0 Å². The van der Waals surface area contributed by atoms with Gasteiger partial charge in [-0.3, -0.25) is 20.0 Å². The summed E-state index contributed by atoms with van der Waals surface area (Å²) in [6, 6.07) is 32.6. The Hall–Kier alpha value is -4.84. The Labute approximate surface area is 223 Å². The lowest BCUT2D eigenvalue weighted by Gasteiger charge is -2.12. The topological polar surface area (TPSA) is 73.5 Å². The molecule has 5 rings (SSSR count). The van der Waals surface area contributed by atoms with Gasteiger partial charge in [0, 0.05) is 69.9 Å². The number of fused-ring (bicyclic) bond motifs is 4. The maximum absolute atomic E-state index is 4.63. The third-order valence-electron chi connectivity index (χ3n) is 6.02. The van der Waals surface area contributed by atoms with E-state index in [0.29, 0.717) is 26.2 Å². The van der Waals surface area contributed by atoms with Gasteiger partial charge in [0.2, 0.25) is 0 Å². The second kappa shape index (κ2) is 12.9. The minimum Gasteiger partial charge on any atom is -0.354 e. The molecule has 38 heavy (non-hydrogen) atoms. The van der Waals surface area contributed by atoms with Gasteiger partial charge in [-0.1, -0.05) is 72.8 Å². The van der Waals surface area contributed by atoms with E-state index in [1.807, 2.05) is 73.4 Å². The molecule has 6 nitrogen and oxygen atoms in total. The zero-order valence-electron chi connectivity index (χ0n) is 21.2. The van der Waals surface area contributed by atoms with Crippen molar-refractivity contribution in [1.82, 2.24) is 0 Å². The van der Waals surface area contributed by atoms with Crippen LogP contribution >= 0.6 is 0 Å². The Morgan fingerprint density at radius 1 is 0.342 bits per heavy atom. The molecular formula is C32H30N6. The van der Waals surface area contributed by atoms with Crippen LogP contribution in [-0.2, 0) is 0 Å². The molecule has 2 N–H and O–H groups in total. The van der Waals surface area contributed by atoms with Crippen LogP contribution in [0.4, 0.5) is 22.7 Å². The molecule has 0 aliphatic carbocycles. The van der Waals surface area contributed by atoms with Gasteiger partial charge < -0.3 is 10.6 Å². The first-order valence-electron chi connectivity index (χ1n) is 12.8. The summed E-state index contributed by atoms with van der Waals surface area (Å²) in [5.74, 6) is 0. The Morgan fingerprint density at radius 3 is 0.842 bits per heavy atom. The van der Waals surface area contributed by atoms with Gasteiger partial charge in [-0.15, -0.1) is 0 Å². The van der Waals surface area contributed by atoms with E-state index >= 15 is 0 Å². The van der Waals surface area contributed by atoms with Crippen LogP contribution < -0.4 is 10.6 Å². The van der Waals surface area contributed by atoms with Crippen molar-refractivity contribution in [1.29, 1.82) is 0 Å². The van der Waals surface area contributed by atoms with E-state index in [4.69, 9.17) is 0 Å². The quantitative estimate of drug-likeness (QED) is 0.288. The van der Waals surface area contributed by atoms with Crippen molar-refractivity contribution in [3.63, 3.8) is 0 Å². The first-order valence-corrected chi connectivity index (χ1v) is 12.8. The molecule has 0 atom stereocenters. The van der Waals surface area contributed by atoms with E-state index < -0.39 is 0 Å². The molecule has 1 aliphatic rings. The van der Waals surface area contributed by atoms with E-state index in [9.17, 15) is 0 Å². The number of hydrogen-bond acceptors (Lipinski definition) is 6. The molecule has 0 fully saturated rings. The Bertz CT molecular complexity index is 1260. The van der Waals surface area contributed by atoms with Crippen molar-refractivity contribution in [2.45, 2.75) is 0 Å². The highest BCUT2D eigenvalue weighted by Gasteiger charge is 2.05. The van der Waals surface area contributed by atoms with Crippen LogP contribution in [0, 0.1) is 0 Å². The molecule has 6 heteroatoms. The summed E-state index contributed by atoms with van der Waals surface area (Å²) in [6.45, 7) is 2.40. The number of rotatable bonds is 0. The molecule has 0 saturated heterocycles. The van der Waals surface area contributed by atoms with Crippen molar-refractivity contribution in [3.8, 4) is 0 Å². The molecule has 0 bridgehead atoms. The first-order chi connectivity index (χ1) is 18.9. The maximum atomic E-state index is 4.63. The second-order valence-corrected chi connectivity index (χ2v) is 8.74. The van der Waals surface area contributed by atoms with Crippen molar-refractivity contribution in [3.05, 3.63) is 119 Å². The number of hydrogen-bond donors (Lipinski definition) is 2. The Balaban J connectivity index is 1.44. The number of benzene rings is 4. The Kier molecular flexibility index (Phi) is 8.44. The van der Waals surface area contributed by atoms with Crippen LogP contribution in [0.15, 0.2) is 117 Å². The molecule has 4 aromatic carbocycles. The average Bonchev–Trinajstić information content (AvgIpc) is 2.95. The summed E-state index contributed by atoms with van der Waals surface area (Å²) in [6.07, 6.45) is 7.63. The maximum Gasteiger partial charge on any atom is 0.0585 e. The van der Waals surface area contributed by atoms with Crippen molar-refractivity contribution < 1.29 is 0 Å². The molecule has 0 unspecified atom stereocenters. The molecule has 188 valence electrons. The fraction of sp³-hybridized carbons (Fsp3) is 0.125. The van der Waals surface area contributed by atoms with E-state index in [1.165, 1.54) is 0 Å². The van der Waals surface area contributed by atoms with Crippen LogP contribution in [0.25, 0.3) is 0 Å². The molecule has 1 aliphatic heterocycles. The van der Waals surface area contributed by atoms with Gasteiger partial charge in [0.15, 0.2) is 0 Å². The van der Waals surface area contributed by atoms with Gasteiger partial charge in [0.25, 0.3) is 0 Å². The van der Waals surface area contributed by atoms with E-state index in [2.05, 4.69) is 79.1 Å². The third-order valence-corrected chi connectivity index (χ3v) is 6.02. The standard InChI is InChI=1S/C32H30N6/c1-5-13-29-25(9-1)21-33-17-18-34-23-27-11-3-7-15-31(27)38-32-16-8-4-12-28(32)24-36-20-19-35-22-26-10-2-6-14-30(26)37-29/h1-16,21-24,37-38H,17-20H2. The summed E-state index contributed by atoms with van der Waals surface area (Å²) in [7, 11) is 0. The number of nitrogens with one attached hydrogen (secondary N) is 2. The minimum absolute atomic E-state index is 0.600. The lowest BCUT2D eigenvalue weighted by atomic mass is 10.1. The molecule has 1 heterocycles. The van der Waals surface area contributed by atoms with E-state index in [1.54, 1.807) is 0 Å². The van der Waals surface area contributed by atoms with Crippen LogP contribution in [-0.4, -0.2) is 51.0 Å². The highest BCUT2D eigenvalue weighted by Crippen LogP contribution is 2.23. The lowest BCUT2D eigenvalue weighted by Crippen LogP contribution is -2.01. The van der Waals surface area contributed by atoms with Gasteiger partial charge in [0.1, 0.15) is 0 Å². The summed E-state index contributed by atoms with van der Waals surface area (Å²) >= 11 is 0. The molecular weight excluding hydrogens is 468 g/mol. The number of nitrogens with zero attached hydrogens (tertiary/aromatic N) is 4. The van der Waals surface area contributed by atoms with E-state index in [0.717, 1.165) is 45.0 Å². The lowest BCUT2D eigenvalue weighted by molar-refractivity contribution is 0.985. The van der Waals surface area contributed by atoms with E-state index in [-0.39, 0.29) is 0 Å². The van der Waals surface area contributed by atoms with Crippen molar-refractivity contribution >= 4 is 47.6 Å². The zero-order chi connectivity index (χ0) is 25.8. The summed E-state index contributed by atoms with van der Waals surface area (Å²) < 4.78 is 0. The Morgan fingerprint density at radius 2 is 0.579 bits per heavy atom. The zero-order valence-corrected chi connectivity index (χ0v) is 21.2. The van der Waals surface area contributed by atoms with Crippen molar-refractivity contribution in [2.24, 2.45) is 20.0 Å². The third kappa shape index (κ3) is 6.68. The smallest absolute Gasteiger partial charge is 0.0585 e. The number of aliphatic imine (C=N–C) groups is 4. The summed E-state index contributed by atoms with van der Waals surface area (Å²) in [4.78, 5) is 18.5. The molecule has 0 aromatic heterocycles. The highest BCUT2D eigenvalue weighted by molar-refractivity contribution is 5.94. The summed E-state index contributed by atoms with van der Waals surface area (Å²) in [5.41, 5.74) is 8.05. The average molecular weight is 499 g/mol. The number of para-hydroxylation sites is 4. The largest absolute Gasteiger partial charge is 0.354 e. The fourth-order valence-electron chi connectivity index (χ4n) is 4.07. The monoisotopic (exact) mass is 498 g/mol. The molecule has 0 radical (unpaired) electrons. The second-order valence-electron chi connectivity index (χ2n) is 8.74. The van der Waals surface area contributed by atoms with Gasteiger partial charge >= 0.3 is 0 Å². The van der Waals surface area contributed by atoms with Crippen LogP contribution in [0.3, 0.4) is 0 Å². The SMILES string of the molecule is C1=NCCN=Cc2ccccc2Nc2ccccc2C=NCCN=Cc2ccccc2Nc2ccccc21. The van der Waals surface area contributed by atoms with Gasteiger partial charge in [0.05, 0.1) is 26.2 Å². The van der Waals surface area contributed by atoms with Crippen LogP contribution in [0.2, 0.25) is 0 Å². The fourth-order valence-corrected chi connectivity index (χ4v) is 4.07. The predicted octanol–water partition coefficient (Wildman–Crippen LogP) is 6.56. The number of anilines is 4.